The Morgan fingerprint density at radius 1 is 1.53 bits per heavy atom. The van der Waals surface area contributed by atoms with Gasteiger partial charge in [-0.05, 0) is 12.1 Å². The van der Waals surface area contributed by atoms with Crippen LogP contribution in [0.15, 0.2) is 18.3 Å². The van der Waals surface area contributed by atoms with Crippen LogP contribution in [0.2, 0.25) is 0 Å². The maximum atomic E-state index is 8.70. The van der Waals surface area contributed by atoms with Crippen LogP contribution in [0.3, 0.4) is 0 Å². The number of rotatable bonds is 4. The number of nitrogens with two attached hydrogens (primary N) is 1. The van der Waals surface area contributed by atoms with Gasteiger partial charge in [0.25, 0.3) is 5.88 Å². The molecule has 0 aliphatic carbocycles. The van der Waals surface area contributed by atoms with Crippen LogP contribution in [0.25, 0.3) is 5.52 Å². The third kappa shape index (κ3) is 2.12. The first-order chi connectivity index (χ1) is 8.13. The van der Waals surface area contributed by atoms with E-state index in [2.05, 4.69) is 5.10 Å². The van der Waals surface area contributed by atoms with Crippen molar-refractivity contribution in [1.29, 1.82) is 0 Å². The van der Waals surface area contributed by atoms with E-state index in [4.69, 9.17) is 15.6 Å². The van der Waals surface area contributed by atoms with Crippen molar-refractivity contribution in [2.24, 2.45) is 0 Å². The molecular formula is C11H16N4O2. The third-order valence-electron chi connectivity index (χ3n) is 2.47. The van der Waals surface area contributed by atoms with Crippen molar-refractivity contribution < 1.29 is 9.84 Å². The maximum Gasteiger partial charge on any atom is 0.257 e. The van der Waals surface area contributed by atoms with Crippen LogP contribution in [0.4, 0.5) is 11.4 Å². The van der Waals surface area contributed by atoms with E-state index in [9.17, 15) is 0 Å². The standard InChI is InChI=1S/C11H16N4O2/c1-14(2)8-3-4-15-9(7-8)10(12)11(13-15)17-6-5-16/h3-4,7,16H,5-6,12H2,1-2H3. The monoisotopic (exact) mass is 236 g/mol. The summed E-state index contributed by atoms with van der Waals surface area (Å²) < 4.78 is 6.91. The minimum absolute atomic E-state index is 0.0593. The van der Waals surface area contributed by atoms with Gasteiger partial charge in [-0.2, -0.15) is 0 Å². The molecular weight excluding hydrogens is 220 g/mol. The Bertz CT molecular complexity index is 521. The molecule has 92 valence electrons. The fraction of sp³-hybridized carbons (Fsp3) is 0.364. The summed E-state index contributed by atoms with van der Waals surface area (Å²) in [6, 6.07) is 3.88. The van der Waals surface area contributed by atoms with Crippen molar-refractivity contribution >= 4 is 16.9 Å². The van der Waals surface area contributed by atoms with Gasteiger partial charge in [0.1, 0.15) is 12.3 Å². The largest absolute Gasteiger partial charge is 0.473 e. The molecule has 0 bridgehead atoms. The van der Waals surface area contributed by atoms with Gasteiger partial charge in [0, 0.05) is 26.0 Å². The highest BCUT2D eigenvalue weighted by Gasteiger charge is 2.11. The number of aliphatic hydroxyl groups excluding tert-OH is 1. The van der Waals surface area contributed by atoms with Crippen LogP contribution in [-0.4, -0.2) is 42.0 Å². The molecule has 2 rings (SSSR count). The number of nitrogen functional groups attached to an aromatic ring is 1. The van der Waals surface area contributed by atoms with Gasteiger partial charge in [-0.25, -0.2) is 4.52 Å². The topological polar surface area (TPSA) is 76.0 Å². The Labute approximate surface area is 99.2 Å². The number of fused-ring (bicyclic) bond motifs is 1. The molecule has 0 atom stereocenters. The second-order valence-corrected chi connectivity index (χ2v) is 3.90. The number of hydrogen-bond donors (Lipinski definition) is 2. The van der Waals surface area contributed by atoms with Gasteiger partial charge in [-0.1, -0.05) is 0 Å². The molecule has 2 aromatic heterocycles. The second kappa shape index (κ2) is 4.50. The quantitative estimate of drug-likeness (QED) is 0.801. The lowest BCUT2D eigenvalue weighted by Gasteiger charge is -2.11. The molecule has 0 aliphatic rings. The lowest BCUT2D eigenvalue weighted by Crippen LogP contribution is -2.08. The molecule has 0 unspecified atom stereocenters. The van der Waals surface area contributed by atoms with Crippen LogP contribution in [-0.2, 0) is 0 Å². The minimum atomic E-state index is -0.0593. The lowest BCUT2D eigenvalue weighted by atomic mass is 10.3. The SMILES string of the molecule is CN(C)c1ccn2nc(OCCO)c(N)c2c1. The summed E-state index contributed by atoms with van der Waals surface area (Å²) in [5, 5.41) is 12.9. The molecule has 0 aliphatic heterocycles. The molecule has 3 N–H and O–H groups in total. The number of pyridine rings is 1. The Balaban J connectivity index is 2.43. The van der Waals surface area contributed by atoms with Crippen LogP contribution in [0, 0.1) is 0 Å². The van der Waals surface area contributed by atoms with E-state index in [0.717, 1.165) is 11.2 Å². The molecule has 0 saturated carbocycles. The van der Waals surface area contributed by atoms with E-state index in [1.165, 1.54) is 0 Å². The van der Waals surface area contributed by atoms with Crippen LogP contribution in [0.5, 0.6) is 5.88 Å². The van der Waals surface area contributed by atoms with Gasteiger partial charge in [0.15, 0.2) is 0 Å². The average molecular weight is 236 g/mol. The Morgan fingerprint density at radius 2 is 2.29 bits per heavy atom. The zero-order chi connectivity index (χ0) is 12.4. The van der Waals surface area contributed by atoms with Gasteiger partial charge in [-0.15, -0.1) is 5.10 Å². The van der Waals surface area contributed by atoms with E-state index in [0.29, 0.717) is 11.6 Å². The molecule has 6 heteroatoms. The van der Waals surface area contributed by atoms with E-state index < -0.39 is 0 Å². The fourth-order valence-electron chi connectivity index (χ4n) is 1.56. The predicted molar refractivity (Wildman–Crippen MR) is 66.5 cm³/mol. The van der Waals surface area contributed by atoms with Crippen molar-refractivity contribution in [3.63, 3.8) is 0 Å². The van der Waals surface area contributed by atoms with Crippen molar-refractivity contribution in [2.45, 2.75) is 0 Å². The molecule has 6 nitrogen and oxygen atoms in total. The van der Waals surface area contributed by atoms with Gasteiger partial charge in [0.2, 0.25) is 0 Å². The Kier molecular flexibility index (Phi) is 3.06. The van der Waals surface area contributed by atoms with Crippen molar-refractivity contribution in [3.8, 4) is 5.88 Å². The average Bonchev–Trinajstić information content (AvgIpc) is 2.63. The Hall–Kier alpha value is -1.95. The van der Waals surface area contributed by atoms with E-state index in [1.54, 1.807) is 4.52 Å². The molecule has 0 amide bonds. The Morgan fingerprint density at radius 3 is 2.94 bits per heavy atom. The van der Waals surface area contributed by atoms with Crippen molar-refractivity contribution in [3.05, 3.63) is 18.3 Å². The predicted octanol–water partition coefficient (Wildman–Crippen LogP) is 0.354. The number of anilines is 2. The maximum absolute atomic E-state index is 8.70. The fourth-order valence-corrected chi connectivity index (χ4v) is 1.56. The lowest BCUT2D eigenvalue weighted by molar-refractivity contribution is 0.197. The van der Waals surface area contributed by atoms with Gasteiger partial charge in [-0.3, -0.25) is 0 Å². The molecule has 0 aromatic carbocycles. The second-order valence-electron chi connectivity index (χ2n) is 3.90. The third-order valence-corrected chi connectivity index (χ3v) is 2.47. The van der Waals surface area contributed by atoms with Crippen molar-refractivity contribution in [1.82, 2.24) is 9.61 Å². The summed E-state index contributed by atoms with van der Waals surface area (Å²) in [5.41, 5.74) is 8.26. The molecule has 0 spiro atoms. The summed E-state index contributed by atoms with van der Waals surface area (Å²) >= 11 is 0. The number of aromatic nitrogens is 2. The van der Waals surface area contributed by atoms with E-state index >= 15 is 0 Å². The van der Waals surface area contributed by atoms with Crippen LogP contribution >= 0.6 is 0 Å². The summed E-state index contributed by atoms with van der Waals surface area (Å²) in [6.45, 7) is 0.130. The first kappa shape index (κ1) is 11.5. The molecule has 0 fully saturated rings. The van der Waals surface area contributed by atoms with Crippen LogP contribution < -0.4 is 15.4 Å². The highest BCUT2D eigenvalue weighted by Crippen LogP contribution is 2.27. The zero-order valence-corrected chi connectivity index (χ0v) is 9.92. The summed E-state index contributed by atoms with van der Waals surface area (Å²) in [4.78, 5) is 1.99. The molecule has 17 heavy (non-hydrogen) atoms. The van der Waals surface area contributed by atoms with E-state index in [-0.39, 0.29) is 13.2 Å². The smallest absolute Gasteiger partial charge is 0.257 e. The zero-order valence-electron chi connectivity index (χ0n) is 9.92. The first-order valence-electron chi connectivity index (χ1n) is 5.32. The van der Waals surface area contributed by atoms with Gasteiger partial charge < -0.3 is 20.5 Å². The molecule has 0 radical (unpaired) electrons. The summed E-state index contributed by atoms with van der Waals surface area (Å²) in [7, 11) is 3.92. The van der Waals surface area contributed by atoms with Gasteiger partial charge in [0.05, 0.1) is 12.1 Å². The highest BCUT2D eigenvalue weighted by atomic mass is 16.5. The number of aliphatic hydroxyl groups is 1. The highest BCUT2D eigenvalue weighted by molar-refractivity contribution is 5.77. The van der Waals surface area contributed by atoms with E-state index in [1.807, 2.05) is 37.3 Å². The molecule has 2 aromatic rings. The number of ether oxygens (including phenoxy) is 1. The summed E-state index contributed by atoms with van der Waals surface area (Å²) in [6.07, 6.45) is 1.83. The first-order valence-corrected chi connectivity index (χ1v) is 5.32. The normalized spacial score (nSPS) is 10.8. The number of hydrogen-bond acceptors (Lipinski definition) is 5. The number of nitrogens with zero attached hydrogens (tertiary/aromatic N) is 3. The molecule has 0 saturated heterocycles. The molecule has 2 heterocycles. The van der Waals surface area contributed by atoms with Crippen molar-refractivity contribution in [2.75, 3.05) is 37.9 Å². The summed E-state index contributed by atoms with van der Waals surface area (Å²) in [5.74, 6) is 0.356. The van der Waals surface area contributed by atoms with Crippen LogP contribution in [0.1, 0.15) is 0 Å². The van der Waals surface area contributed by atoms with Gasteiger partial charge >= 0.3 is 0 Å². The minimum Gasteiger partial charge on any atom is -0.473 e.